The normalized spacial score (nSPS) is 18.9. The summed E-state index contributed by atoms with van der Waals surface area (Å²) < 4.78 is 5.02. The van der Waals surface area contributed by atoms with Crippen LogP contribution < -0.4 is 20.9 Å². The molecule has 3 heterocycles. The molecule has 0 saturated carbocycles. The van der Waals surface area contributed by atoms with Gasteiger partial charge in [0, 0.05) is 68.7 Å². The Morgan fingerprint density at radius 2 is 1.75 bits per heavy atom. The van der Waals surface area contributed by atoms with Gasteiger partial charge in [0.15, 0.2) is 0 Å². The molecule has 4 N–H and O–H groups in total. The predicted molar refractivity (Wildman–Crippen MR) is 154 cm³/mol. The molecule has 2 aliphatic rings. The largest absolute Gasteiger partial charge is 0.392 e. The maximum Gasteiger partial charge on any atom is 0.241 e. The number of aliphatic hydroxyl groups is 1. The van der Waals surface area contributed by atoms with Gasteiger partial charge in [0.25, 0.3) is 0 Å². The van der Waals surface area contributed by atoms with Gasteiger partial charge in [-0.05, 0) is 48.9 Å². The second kappa shape index (κ2) is 12.9. The van der Waals surface area contributed by atoms with Crippen LogP contribution in [-0.4, -0.2) is 90.4 Å². The average molecular weight is 546 g/mol. The SMILES string of the molecule is COCCC(=O)N1CCN(c2ccc(Nc3nccc(-c4ccc(NC(=O)C5C[C@H](O)CN5)cc4)n3)cc2)CC1. The third-order valence-electron chi connectivity index (χ3n) is 7.17. The highest BCUT2D eigenvalue weighted by atomic mass is 16.5. The standard InChI is InChI=1S/C29H35N7O4/c1-40-17-11-27(38)36-15-13-35(14-16-36)23-8-6-22(7-9-23)33-29-30-12-10-25(34-29)20-2-4-21(5-3-20)32-28(39)26-18-24(37)19-31-26/h2-10,12,24,26,31,37H,11,13-19H2,1H3,(H,32,39)(H,30,33,34)/t24-,26?/m0/s1. The van der Waals surface area contributed by atoms with Crippen molar-refractivity contribution in [1.82, 2.24) is 20.2 Å². The van der Waals surface area contributed by atoms with Crippen LogP contribution in [0.1, 0.15) is 12.8 Å². The molecule has 1 aromatic heterocycles. The van der Waals surface area contributed by atoms with Gasteiger partial charge in [-0.3, -0.25) is 9.59 Å². The number of ether oxygens (including phenoxy) is 1. The monoisotopic (exact) mass is 545 g/mol. The molecule has 11 heteroatoms. The van der Waals surface area contributed by atoms with Crippen LogP contribution in [-0.2, 0) is 14.3 Å². The van der Waals surface area contributed by atoms with Gasteiger partial charge in [0.1, 0.15) is 0 Å². The summed E-state index contributed by atoms with van der Waals surface area (Å²) in [6.45, 7) is 3.88. The molecule has 3 aromatic rings. The third-order valence-corrected chi connectivity index (χ3v) is 7.17. The second-order valence-corrected chi connectivity index (χ2v) is 9.96. The zero-order chi connectivity index (χ0) is 27.9. The minimum atomic E-state index is -0.484. The summed E-state index contributed by atoms with van der Waals surface area (Å²) in [7, 11) is 1.61. The molecule has 2 aliphatic heterocycles. The number of hydrogen-bond donors (Lipinski definition) is 4. The van der Waals surface area contributed by atoms with Crippen molar-refractivity contribution in [2.75, 3.05) is 62.0 Å². The first-order valence-corrected chi connectivity index (χ1v) is 13.5. The Morgan fingerprint density at radius 3 is 2.42 bits per heavy atom. The first-order chi connectivity index (χ1) is 19.5. The molecule has 2 aromatic carbocycles. The smallest absolute Gasteiger partial charge is 0.241 e. The van der Waals surface area contributed by atoms with E-state index in [9.17, 15) is 14.7 Å². The fourth-order valence-electron chi connectivity index (χ4n) is 4.90. The van der Waals surface area contributed by atoms with Gasteiger partial charge < -0.3 is 35.6 Å². The lowest BCUT2D eigenvalue weighted by Crippen LogP contribution is -2.49. The Kier molecular flexibility index (Phi) is 8.84. The Labute approximate surface area is 233 Å². The topological polar surface area (TPSA) is 132 Å². The van der Waals surface area contributed by atoms with E-state index in [0.29, 0.717) is 50.7 Å². The van der Waals surface area contributed by atoms with Crippen molar-refractivity contribution in [3.05, 3.63) is 60.8 Å². The fraction of sp³-hybridized carbons (Fsp3) is 0.379. The fourth-order valence-corrected chi connectivity index (χ4v) is 4.90. The molecule has 40 heavy (non-hydrogen) atoms. The van der Waals surface area contributed by atoms with E-state index >= 15 is 0 Å². The van der Waals surface area contributed by atoms with Gasteiger partial charge in [-0.25, -0.2) is 9.97 Å². The van der Waals surface area contributed by atoms with Gasteiger partial charge in [0.2, 0.25) is 17.8 Å². The summed E-state index contributed by atoms with van der Waals surface area (Å²) in [5.41, 5.74) is 4.32. The van der Waals surface area contributed by atoms with E-state index in [4.69, 9.17) is 4.74 Å². The van der Waals surface area contributed by atoms with Gasteiger partial charge in [0.05, 0.1) is 30.9 Å². The molecular weight excluding hydrogens is 510 g/mol. The van der Waals surface area contributed by atoms with Crippen molar-refractivity contribution in [2.24, 2.45) is 0 Å². The highest BCUT2D eigenvalue weighted by Gasteiger charge is 2.28. The van der Waals surface area contributed by atoms with Crippen LogP contribution in [0.2, 0.25) is 0 Å². The molecule has 0 aliphatic carbocycles. The maximum atomic E-state index is 12.4. The van der Waals surface area contributed by atoms with Crippen LogP contribution in [0, 0.1) is 0 Å². The molecule has 2 saturated heterocycles. The lowest BCUT2D eigenvalue weighted by Gasteiger charge is -2.36. The minimum absolute atomic E-state index is 0.143. The van der Waals surface area contributed by atoms with E-state index in [1.807, 2.05) is 47.4 Å². The molecule has 210 valence electrons. The highest BCUT2D eigenvalue weighted by molar-refractivity contribution is 5.95. The van der Waals surface area contributed by atoms with Gasteiger partial charge in [-0.2, -0.15) is 0 Å². The number of hydrogen-bond acceptors (Lipinski definition) is 9. The zero-order valence-electron chi connectivity index (χ0n) is 22.5. The zero-order valence-corrected chi connectivity index (χ0v) is 22.5. The molecule has 1 unspecified atom stereocenters. The van der Waals surface area contributed by atoms with Gasteiger partial charge in [-0.15, -0.1) is 0 Å². The van der Waals surface area contributed by atoms with E-state index in [1.54, 1.807) is 13.3 Å². The summed E-state index contributed by atoms with van der Waals surface area (Å²) in [5, 5.41) is 18.8. The van der Waals surface area contributed by atoms with Crippen LogP contribution in [0.4, 0.5) is 23.0 Å². The Bertz CT molecular complexity index is 1290. The number of β-amino-alcohol motifs (C(OH)–C–C–N with tert-alkyl or cyclic N) is 1. The van der Waals surface area contributed by atoms with Gasteiger partial charge in [-0.1, -0.05) is 12.1 Å². The average Bonchev–Trinajstić information content (AvgIpc) is 3.43. The number of aliphatic hydroxyl groups excluding tert-OH is 1. The molecule has 0 spiro atoms. The Balaban J connectivity index is 1.15. The Hall–Kier alpha value is -4.06. The number of nitrogens with one attached hydrogen (secondary N) is 3. The molecule has 11 nitrogen and oxygen atoms in total. The van der Waals surface area contributed by atoms with Crippen molar-refractivity contribution in [1.29, 1.82) is 0 Å². The number of amides is 2. The quantitative estimate of drug-likeness (QED) is 0.320. The minimum Gasteiger partial charge on any atom is -0.392 e. The number of aromatic nitrogens is 2. The number of carbonyl (C=O) groups is 2. The number of carbonyl (C=O) groups excluding carboxylic acids is 2. The van der Waals surface area contributed by atoms with Crippen molar-refractivity contribution >= 4 is 34.8 Å². The number of anilines is 4. The van der Waals surface area contributed by atoms with E-state index < -0.39 is 6.10 Å². The number of benzene rings is 2. The van der Waals surface area contributed by atoms with Crippen LogP contribution in [0.25, 0.3) is 11.3 Å². The van der Waals surface area contributed by atoms with E-state index in [1.165, 1.54) is 0 Å². The summed E-state index contributed by atoms with van der Waals surface area (Å²) in [6.07, 6.45) is 2.06. The lowest BCUT2D eigenvalue weighted by atomic mass is 10.1. The van der Waals surface area contributed by atoms with Crippen molar-refractivity contribution < 1.29 is 19.4 Å². The molecule has 0 bridgehead atoms. The summed E-state index contributed by atoms with van der Waals surface area (Å²) in [4.78, 5) is 37.8. The molecule has 2 atom stereocenters. The summed E-state index contributed by atoms with van der Waals surface area (Å²) in [5.74, 6) is 0.472. The molecule has 2 fully saturated rings. The maximum absolute atomic E-state index is 12.4. The number of methoxy groups -OCH3 is 1. The Morgan fingerprint density at radius 1 is 1.02 bits per heavy atom. The van der Waals surface area contributed by atoms with E-state index in [0.717, 1.165) is 35.7 Å². The predicted octanol–water partition coefficient (Wildman–Crippen LogP) is 2.23. The van der Waals surface area contributed by atoms with Crippen molar-refractivity contribution in [3.63, 3.8) is 0 Å². The van der Waals surface area contributed by atoms with Gasteiger partial charge >= 0.3 is 0 Å². The van der Waals surface area contributed by atoms with E-state index in [2.05, 4.69) is 43.0 Å². The second-order valence-electron chi connectivity index (χ2n) is 9.96. The van der Waals surface area contributed by atoms with Crippen LogP contribution >= 0.6 is 0 Å². The van der Waals surface area contributed by atoms with Crippen LogP contribution in [0.5, 0.6) is 0 Å². The van der Waals surface area contributed by atoms with Crippen molar-refractivity contribution in [2.45, 2.75) is 25.0 Å². The first-order valence-electron chi connectivity index (χ1n) is 13.5. The lowest BCUT2D eigenvalue weighted by molar-refractivity contribution is -0.132. The number of nitrogens with zero attached hydrogens (tertiary/aromatic N) is 4. The summed E-state index contributed by atoms with van der Waals surface area (Å²) in [6, 6.07) is 17.0. The van der Waals surface area contributed by atoms with Crippen LogP contribution in [0.3, 0.4) is 0 Å². The molecule has 5 rings (SSSR count). The van der Waals surface area contributed by atoms with Crippen molar-refractivity contribution in [3.8, 4) is 11.3 Å². The molecule has 2 amide bonds. The first kappa shape index (κ1) is 27.5. The highest BCUT2D eigenvalue weighted by Crippen LogP contribution is 2.24. The third kappa shape index (κ3) is 6.92. The summed E-state index contributed by atoms with van der Waals surface area (Å²) >= 11 is 0. The number of piperazine rings is 1. The molecule has 0 radical (unpaired) electrons. The molecular formula is C29H35N7O4. The number of rotatable bonds is 9. The van der Waals surface area contributed by atoms with E-state index in [-0.39, 0.29) is 17.9 Å². The van der Waals surface area contributed by atoms with Crippen LogP contribution in [0.15, 0.2) is 60.8 Å².